The van der Waals surface area contributed by atoms with E-state index in [4.69, 9.17) is 15.0 Å². The summed E-state index contributed by atoms with van der Waals surface area (Å²) in [7, 11) is 0. The Balaban J connectivity index is 0.000000218. The number of thiazole rings is 1. The average Bonchev–Trinajstić information content (AvgIpc) is 2.15. The molecule has 2 N–H and O–H groups in total. The van der Waals surface area contributed by atoms with E-state index in [1.54, 1.807) is 12.4 Å². The van der Waals surface area contributed by atoms with E-state index < -0.39 is 5.97 Å². The highest BCUT2D eigenvalue weighted by Crippen LogP contribution is 2.18. The lowest BCUT2D eigenvalue weighted by Crippen LogP contribution is -1.78. The molecule has 1 aromatic heterocycles. The Hall–Kier alpha value is -1.10. The molecule has 0 saturated heterocycles. The van der Waals surface area contributed by atoms with Gasteiger partial charge in [0.25, 0.3) is 5.97 Å². The molecule has 11 heavy (non-hydrogen) atoms. The van der Waals surface area contributed by atoms with E-state index in [0.29, 0.717) is 10.8 Å². The third kappa shape index (κ3) is 5.35. The summed E-state index contributed by atoms with van der Waals surface area (Å²) in [6.07, 6.45) is 0. The van der Waals surface area contributed by atoms with Gasteiger partial charge in [0.05, 0.1) is 11.2 Å². The first-order valence-electron chi connectivity index (χ1n) is 2.82. The Morgan fingerprint density at radius 3 is 2.27 bits per heavy atom. The molecule has 0 aromatic carbocycles. The zero-order valence-electron chi connectivity index (χ0n) is 6.24. The van der Waals surface area contributed by atoms with Crippen molar-refractivity contribution in [2.45, 2.75) is 13.8 Å². The van der Waals surface area contributed by atoms with Crippen LogP contribution in [0.5, 0.6) is 5.06 Å². The van der Waals surface area contributed by atoms with E-state index in [9.17, 15) is 0 Å². The Bertz CT molecular complexity index is 213. The molecule has 1 rings (SSSR count). The normalized spacial score (nSPS) is 8.18. The van der Waals surface area contributed by atoms with E-state index in [1.165, 1.54) is 11.3 Å². The highest BCUT2D eigenvalue weighted by Gasteiger charge is 1.92. The van der Waals surface area contributed by atoms with E-state index in [1.807, 2.05) is 0 Å². The largest absolute Gasteiger partial charge is 0.498 e. The first-order chi connectivity index (χ1) is 5.04. The second kappa shape index (κ2) is 4.68. The van der Waals surface area contributed by atoms with Crippen molar-refractivity contribution in [2.75, 3.05) is 0 Å². The minimum absolute atomic E-state index is 0.319. The molecule has 0 aliphatic heterocycles. The molecule has 0 fully saturated rings. The third-order valence-corrected chi connectivity index (χ3v) is 1.45. The predicted octanol–water partition coefficient (Wildman–Crippen LogP) is 1.25. The molecule has 1 aromatic rings. The van der Waals surface area contributed by atoms with Crippen molar-refractivity contribution in [3.63, 3.8) is 0 Å². The van der Waals surface area contributed by atoms with Crippen molar-refractivity contribution in [1.82, 2.24) is 4.98 Å². The molecule has 0 aliphatic rings. The summed E-state index contributed by atoms with van der Waals surface area (Å²) in [4.78, 5) is 12.8. The molecular formula is C6H9NO3S. The number of rotatable bonds is 0. The Kier molecular flexibility index (Phi) is 4.21. The average molecular weight is 175 g/mol. The first kappa shape index (κ1) is 9.90. The van der Waals surface area contributed by atoms with Crippen LogP contribution in [0.25, 0.3) is 0 Å². The SMILES string of the molecule is CC(=O)O.Cc1ncsc1O. The van der Waals surface area contributed by atoms with Gasteiger partial charge in [-0.05, 0) is 6.92 Å². The van der Waals surface area contributed by atoms with Crippen LogP contribution in [-0.4, -0.2) is 21.2 Å². The molecule has 0 atom stereocenters. The van der Waals surface area contributed by atoms with Gasteiger partial charge in [-0.25, -0.2) is 4.98 Å². The highest BCUT2D eigenvalue weighted by molar-refractivity contribution is 7.11. The minimum atomic E-state index is -0.833. The van der Waals surface area contributed by atoms with Gasteiger partial charge in [-0.1, -0.05) is 11.3 Å². The fourth-order valence-corrected chi connectivity index (χ4v) is 0.830. The summed E-state index contributed by atoms with van der Waals surface area (Å²) in [5.74, 6) is -0.833. The molecule has 0 radical (unpaired) electrons. The van der Waals surface area contributed by atoms with Crippen molar-refractivity contribution >= 4 is 17.3 Å². The van der Waals surface area contributed by atoms with Crippen LogP contribution < -0.4 is 0 Å². The number of aromatic hydroxyl groups is 1. The Morgan fingerprint density at radius 2 is 2.18 bits per heavy atom. The van der Waals surface area contributed by atoms with Crippen LogP contribution in [0.15, 0.2) is 5.51 Å². The van der Waals surface area contributed by atoms with Gasteiger partial charge >= 0.3 is 0 Å². The second-order valence-corrected chi connectivity index (χ2v) is 2.60. The maximum atomic E-state index is 9.00. The van der Waals surface area contributed by atoms with Gasteiger partial charge in [-0.3, -0.25) is 4.79 Å². The van der Waals surface area contributed by atoms with Crippen LogP contribution in [0.2, 0.25) is 0 Å². The van der Waals surface area contributed by atoms with E-state index in [0.717, 1.165) is 6.92 Å². The van der Waals surface area contributed by atoms with E-state index >= 15 is 0 Å². The molecule has 62 valence electrons. The van der Waals surface area contributed by atoms with Crippen molar-refractivity contribution in [3.05, 3.63) is 11.2 Å². The quantitative estimate of drug-likeness (QED) is 0.622. The number of carboxylic acids is 1. The molecule has 0 saturated carbocycles. The van der Waals surface area contributed by atoms with Gasteiger partial charge in [0.1, 0.15) is 0 Å². The summed E-state index contributed by atoms with van der Waals surface area (Å²) in [6.45, 7) is 2.85. The van der Waals surface area contributed by atoms with Gasteiger partial charge in [0.15, 0.2) is 5.06 Å². The number of aromatic nitrogens is 1. The standard InChI is InChI=1S/C4H5NOS.C2H4O2/c1-3-4(6)7-2-5-3;1-2(3)4/h2,6H,1H3;1H3,(H,3,4). The number of aryl methyl sites for hydroxylation is 1. The molecule has 5 heteroatoms. The topological polar surface area (TPSA) is 70.4 Å². The van der Waals surface area contributed by atoms with Crippen LogP contribution in [0, 0.1) is 6.92 Å². The van der Waals surface area contributed by atoms with Gasteiger partial charge in [0, 0.05) is 6.92 Å². The summed E-state index contributed by atoms with van der Waals surface area (Å²) in [5.41, 5.74) is 2.33. The van der Waals surface area contributed by atoms with Crippen LogP contribution in [0.3, 0.4) is 0 Å². The third-order valence-electron chi connectivity index (χ3n) is 0.720. The van der Waals surface area contributed by atoms with Crippen LogP contribution >= 0.6 is 11.3 Å². The summed E-state index contributed by atoms with van der Waals surface area (Å²) < 4.78 is 0. The Morgan fingerprint density at radius 1 is 1.73 bits per heavy atom. The highest BCUT2D eigenvalue weighted by atomic mass is 32.1. The number of aliphatic carboxylic acids is 1. The van der Waals surface area contributed by atoms with Gasteiger partial charge in [-0.2, -0.15) is 0 Å². The monoisotopic (exact) mass is 175 g/mol. The van der Waals surface area contributed by atoms with Crippen LogP contribution in [0.4, 0.5) is 0 Å². The zero-order valence-corrected chi connectivity index (χ0v) is 7.05. The molecule has 0 amide bonds. The van der Waals surface area contributed by atoms with Crippen molar-refractivity contribution in [3.8, 4) is 5.06 Å². The molecular weight excluding hydrogens is 166 g/mol. The number of nitrogens with zero attached hydrogens (tertiary/aromatic N) is 1. The lowest BCUT2D eigenvalue weighted by molar-refractivity contribution is -0.134. The second-order valence-electron chi connectivity index (χ2n) is 1.76. The fraction of sp³-hybridized carbons (Fsp3) is 0.333. The molecule has 0 spiro atoms. The number of carbonyl (C=O) groups is 1. The molecule has 1 heterocycles. The number of hydrogen-bond donors (Lipinski definition) is 2. The van der Waals surface area contributed by atoms with Gasteiger partial charge in [0.2, 0.25) is 0 Å². The predicted molar refractivity (Wildman–Crippen MR) is 41.8 cm³/mol. The molecule has 0 unspecified atom stereocenters. The fourth-order valence-electron chi connectivity index (χ4n) is 0.296. The lowest BCUT2D eigenvalue weighted by atomic mass is 10.6. The van der Waals surface area contributed by atoms with E-state index in [-0.39, 0.29) is 0 Å². The minimum Gasteiger partial charge on any atom is -0.498 e. The molecule has 0 bridgehead atoms. The van der Waals surface area contributed by atoms with Crippen molar-refractivity contribution in [1.29, 1.82) is 0 Å². The summed E-state index contributed by atoms with van der Waals surface area (Å²) in [5, 5.41) is 16.5. The van der Waals surface area contributed by atoms with E-state index in [2.05, 4.69) is 4.98 Å². The maximum Gasteiger partial charge on any atom is 0.300 e. The lowest BCUT2D eigenvalue weighted by Gasteiger charge is -1.77. The first-order valence-corrected chi connectivity index (χ1v) is 3.70. The Labute approximate surface area is 68.1 Å². The van der Waals surface area contributed by atoms with Gasteiger partial charge < -0.3 is 10.2 Å². The molecule has 0 aliphatic carbocycles. The number of carboxylic acid groups (broad SMARTS) is 1. The van der Waals surface area contributed by atoms with Crippen molar-refractivity contribution < 1.29 is 15.0 Å². The summed E-state index contributed by atoms with van der Waals surface area (Å²) >= 11 is 1.25. The van der Waals surface area contributed by atoms with Crippen LogP contribution in [-0.2, 0) is 4.79 Å². The van der Waals surface area contributed by atoms with Gasteiger partial charge in [-0.15, -0.1) is 0 Å². The summed E-state index contributed by atoms with van der Waals surface area (Å²) in [6, 6.07) is 0. The number of hydrogen-bond acceptors (Lipinski definition) is 4. The van der Waals surface area contributed by atoms with Crippen molar-refractivity contribution in [2.24, 2.45) is 0 Å². The molecule has 4 nitrogen and oxygen atoms in total. The zero-order chi connectivity index (χ0) is 8.85. The smallest absolute Gasteiger partial charge is 0.300 e. The maximum absolute atomic E-state index is 9.00. The van der Waals surface area contributed by atoms with Crippen LogP contribution in [0.1, 0.15) is 12.6 Å².